The molecule has 4 rings (SSSR count). The molecular weight excluding hydrogens is 444 g/mol. The van der Waals surface area contributed by atoms with Crippen LogP contribution in [0.5, 0.6) is 5.75 Å². The molecule has 1 aliphatic rings. The van der Waals surface area contributed by atoms with Crippen LogP contribution in [0, 0.1) is 29.2 Å². The van der Waals surface area contributed by atoms with Crippen LogP contribution < -0.4 is 4.74 Å². The maximum Gasteiger partial charge on any atom is 0.201 e. The summed E-state index contributed by atoms with van der Waals surface area (Å²) in [5.41, 5.74) is 1.81. The van der Waals surface area contributed by atoms with E-state index in [0.29, 0.717) is 16.7 Å². The zero-order valence-electron chi connectivity index (χ0n) is 18.8. The molecular formula is C28H26F4O2. The van der Waals surface area contributed by atoms with Crippen molar-refractivity contribution < 1.29 is 27.4 Å². The molecule has 1 saturated carbocycles. The lowest BCUT2D eigenvalue weighted by Crippen LogP contribution is -2.17. The number of hydrogen-bond acceptors (Lipinski definition) is 2. The van der Waals surface area contributed by atoms with Crippen LogP contribution in [0.4, 0.5) is 17.6 Å². The van der Waals surface area contributed by atoms with Crippen LogP contribution in [0.2, 0.25) is 0 Å². The van der Waals surface area contributed by atoms with Crippen molar-refractivity contribution >= 4 is 12.2 Å². The lowest BCUT2D eigenvalue weighted by molar-refractivity contribution is 0.181. The predicted molar refractivity (Wildman–Crippen MR) is 125 cm³/mol. The van der Waals surface area contributed by atoms with Gasteiger partial charge in [0.1, 0.15) is 0 Å². The van der Waals surface area contributed by atoms with Gasteiger partial charge in [-0.2, -0.15) is 4.39 Å². The maximum absolute atomic E-state index is 14.8. The first-order chi connectivity index (χ1) is 16.4. The molecule has 0 aromatic heterocycles. The maximum atomic E-state index is 14.8. The van der Waals surface area contributed by atoms with E-state index < -0.39 is 23.3 Å². The monoisotopic (exact) mass is 470 g/mol. The van der Waals surface area contributed by atoms with Crippen molar-refractivity contribution in [3.05, 3.63) is 88.5 Å². The van der Waals surface area contributed by atoms with E-state index in [1.54, 1.807) is 42.5 Å². The van der Waals surface area contributed by atoms with Gasteiger partial charge >= 0.3 is 0 Å². The molecule has 1 fully saturated rings. The van der Waals surface area contributed by atoms with E-state index >= 15 is 0 Å². The van der Waals surface area contributed by atoms with Gasteiger partial charge in [0.25, 0.3) is 0 Å². The molecule has 0 radical (unpaired) electrons. The van der Waals surface area contributed by atoms with E-state index in [1.807, 2.05) is 0 Å². The van der Waals surface area contributed by atoms with Crippen LogP contribution in [0.15, 0.2) is 48.5 Å². The first-order valence-electron chi connectivity index (χ1n) is 11.3. The Morgan fingerprint density at radius 1 is 0.794 bits per heavy atom. The fraction of sp³-hybridized carbons (Fsp3) is 0.286. The average Bonchev–Trinajstić information content (AvgIpc) is 2.87. The van der Waals surface area contributed by atoms with Gasteiger partial charge in [-0.05, 0) is 66.3 Å². The zero-order chi connectivity index (χ0) is 24.2. The molecule has 0 aliphatic heterocycles. The van der Waals surface area contributed by atoms with Crippen molar-refractivity contribution in [2.75, 3.05) is 13.7 Å². The number of aliphatic hydroxyl groups is 1. The Bertz CT molecular complexity index is 1180. The standard InChI is InChI=1S/C28H26F4O2/c1-34-24-15-14-23(27(31)28(24)32)19-7-2-17(3-8-19)4-11-21-12-13-22(26(30)25(21)29)20-9-5-18(16-33)6-10-20/h2-4,7-8,11-15,18,20,33H,5-6,9-10,16H2,1H3. The molecule has 2 nitrogen and oxygen atoms in total. The second kappa shape index (κ2) is 10.4. The summed E-state index contributed by atoms with van der Waals surface area (Å²) in [4.78, 5) is 0. The van der Waals surface area contributed by atoms with Crippen molar-refractivity contribution in [2.45, 2.75) is 31.6 Å². The zero-order valence-corrected chi connectivity index (χ0v) is 18.8. The predicted octanol–water partition coefficient (Wildman–Crippen LogP) is 7.36. The fourth-order valence-corrected chi connectivity index (χ4v) is 4.55. The van der Waals surface area contributed by atoms with Gasteiger partial charge in [0, 0.05) is 17.7 Å². The molecule has 0 heterocycles. The van der Waals surface area contributed by atoms with Gasteiger partial charge in [0.15, 0.2) is 23.2 Å². The minimum Gasteiger partial charge on any atom is -0.494 e. The molecule has 178 valence electrons. The summed E-state index contributed by atoms with van der Waals surface area (Å²) in [7, 11) is 1.27. The Kier molecular flexibility index (Phi) is 7.37. The largest absolute Gasteiger partial charge is 0.494 e. The Labute approximate surface area is 196 Å². The number of methoxy groups -OCH3 is 1. The van der Waals surface area contributed by atoms with E-state index in [2.05, 4.69) is 0 Å². The average molecular weight is 471 g/mol. The normalized spacial score (nSPS) is 18.4. The van der Waals surface area contributed by atoms with Gasteiger partial charge in [-0.25, -0.2) is 13.2 Å². The Morgan fingerprint density at radius 2 is 1.50 bits per heavy atom. The molecule has 0 bridgehead atoms. The van der Waals surface area contributed by atoms with Crippen molar-refractivity contribution in [3.63, 3.8) is 0 Å². The van der Waals surface area contributed by atoms with E-state index in [9.17, 15) is 22.7 Å². The topological polar surface area (TPSA) is 29.5 Å². The van der Waals surface area contributed by atoms with Crippen LogP contribution in [0.1, 0.15) is 48.3 Å². The van der Waals surface area contributed by atoms with Gasteiger partial charge in [-0.3, -0.25) is 0 Å². The van der Waals surface area contributed by atoms with Crippen LogP contribution in [0.3, 0.4) is 0 Å². The summed E-state index contributed by atoms with van der Waals surface area (Å²) in [6, 6.07) is 12.7. The SMILES string of the molecule is COc1ccc(-c2ccc(C=Cc3ccc(C4CCC(CO)CC4)c(F)c3F)cc2)c(F)c1F. The van der Waals surface area contributed by atoms with E-state index in [0.717, 1.165) is 25.7 Å². The minimum atomic E-state index is -1.05. The van der Waals surface area contributed by atoms with E-state index in [4.69, 9.17) is 4.74 Å². The lowest BCUT2D eigenvalue weighted by atomic mass is 9.78. The highest BCUT2D eigenvalue weighted by atomic mass is 19.2. The van der Waals surface area contributed by atoms with Crippen molar-refractivity contribution in [1.29, 1.82) is 0 Å². The van der Waals surface area contributed by atoms with Gasteiger partial charge in [0.2, 0.25) is 5.82 Å². The molecule has 0 saturated heterocycles. The minimum absolute atomic E-state index is 0.0361. The summed E-state index contributed by atoms with van der Waals surface area (Å²) in [6.45, 7) is 0.139. The van der Waals surface area contributed by atoms with E-state index in [-0.39, 0.29) is 35.3 Å². The van der Waals surface area contributed by atoms with Gasteiger partial charge in [-0.15, -0.1) is 0 Å². The number of rotatable bonds is 6. The number of aliphatic hydroxyl groups excluding tert-OH is 1. The molecule has 0 unspecified atom stereocenters. The number of benzene rings is 3. The third-order valence-electron chi connectivity index (χ3n) is 6.63. The van der Waals surface area contributed by atoms with Crippen LogP contribution in [0.25, 0.3) is 23.3 Å². The van der Waals surface area contributed by atoms with Crippen LogP contribution in [-0.2, 0) is 0 Å². The van der Waals surface area contributed by atoms with Gasteiger partial charge in [0.05, 0.1) is 7.11 Å². The highest BCUT2D eigenvalue weighted by Crippen LogP contribution is 2.37. The fourth-order valence-electron chi connectivity index (χ4n) is 4.55. The third-order valence-corrected chi connectivity index (χ3v) is 6.63. The molecule has 34 heavy (non-hydrogen) atoms. The molecule has 1 aliphatic carbocycles. The quantitative estimate of drug-likeness (QED) is 0.301. The smallest absolute Gasteiger partial charge is 0.201 e. The summed E-state index contributed by atoms with van der Waals surface area (Å²) in [6.07, 6.45) is 6.23. The molecule has 1 N–H and O–H groups in total. The molecule has 0 atom stereocenters. The summed E-state index contributed by atoms with van der Waals surface area (Å²) >= 11 is 0. The Balaban J connectivity index is 1.50. The van der Waals surface area contributed by atoms with Gasteiger partial charge < -0.3 is 9.84 Å². The number of hydrogen-bond donors (Lipinski definition) is 1. The summed E-state index contributed by atoms with van der Waals surface area (Å²) < 4.78 is 62.6. The highest BCUT2D eigenvalue weighted by molar-refractivity contribution is 5.73. The van der Waals surface area contributed by atoms with Crippen LogP contribution in [-0.4, -0.2) is 18.8 Å². The van der Waals surface area contributed by atoms with Gasteiger partial charge in [-0.1, -0.05) is 48.6 Å². The molecule has 0 spiro atoms. The molecule has 6 heteroatoms. The Morgan fingerprint density at radius 3 is 2.15 bits per heavy atom. The van der Waals surface area contributed by atoms with Crippen molar-refractivity contribution in [1.82, 2.24) is 0 Å². The van der Waals surface area contributed by atoms with Crippen molar-refractivity contribution in [3.8, 4) is 16.9 Å². The number of ether oxygens (including phenoxy) is 1. The molecule has 3 aromatic rings. The first-order valence-corrected chi connectivity index (χ1v) is 11.3. The molecule has 3 aromatic carbocycles. The van der Waals surface area contributed by atoms with E-state index in [1.165, 1.54) is 25.3 Å². The second-order valence-electron chi connectivity index (χ2n) is 8.67. The van der Waals surface area contributed by atoms with Crippen molar-refractivity contribution in [2.24, 2.45) is 5.92 Å². The summed E-state index contributed by atoms with van der Waals surface area (Å²) in [5.74, 6) is -3.70. The lowest BCUT2D eigenvalue weighted by Gasteiger charge is -2.28. The Hall–Kier alpha value is -3.12. The second-order valence-corrected chi connectivity index (χ2v) is 8.67. The number of halogens is 4. The first kappa shape index (κ1) is 24.0. The molecule has 0 amide bonds. The third kappa shape index (κ3) is 4.87. The van der Waals surface area contributed by atoms with Crippen LogP contribution >= 0.6 is 0 Å². The highest BCUT2D eigenvalue weighted by Gasteiger charge is 2.25. The summed E-state index contributed by atoms with van der Waals surface area (Å²) in [5, 5.41) is 9.27.